The average molecular weight is 176 g/mol. The van der Waals surface area contributed by atoms with Crippen molar-refractivity contribution in [3.63, 3.8) is 0 Å². The molecule has 6 atom stereocenters. The molecule has 1 spiro atoms. The number of rotatable bonds is 0. The van der Waals surface area contributed by atoms with E-state index in [-0.39, 0.29) is 0 Å². The Kier molecular flexibility index (Phi) is 0.907. The smallest absolute Gasteiger partial charge is 0.0162 e. The lowest BCUT2D eigenvalue weighted by molar-refractivity contribution is 0.0191. The fourth-order valence-corrected chi connectivity index (χ4v) is 5.81. The predicted octanol–water partition coefficient (Wildman–Crippen LogP) is 3.32. The van der Waals surface area contributed by atoms with Gasteiger partial charge in [-0.1, -0.05) is 27.2 Å². The van der Waals surface area contributed by atoms with Crippen LogP contribution in [0.15, 0.2) is 0 Å². The van der Waals surface area contributed by atoms with Crippen molar-refractivity contribution in [2.45, 2.75) is 40.0 Å². The molecule has 4 fully saturated rings. The molecule has 0 aromatic carbocycles. The fourth-order valence-electron chi connectivity index (χ4n) is 5.81. The Labute approximate surface area is 81.1 Å². The standard InChI is InChI=1S/C13H20/c1-12(2,3)11-10-9-7-5-4-6-8(7)13(9,10)11/h7-11H,4-6H2,1-3H3. The molecule has 4 rings (SSSR count). The zero-order chi connectivity index (χ0) is 9.01. The van der Waals surface area contributed by atoms with E-state index in [2.05, 4.69) is 20.8 Å². The Morgan fingerprint density at radius 1 is 1.08 bits per heavy atom. The molecular formula is C13H20. The highest BCUT2D eigenvalue weighted by Crippen LogP contribution is 3.01. The molecule has 0 bridgehead atoms. The molecule has 0 radical (unpaired) electrons. The summed E-state index contributed by atoms with van der Waals surface area (Å²) < 4.78 is 0. The van der Waals surface area contributed by atoms with Crippen molar-refractivity contribution in [2.75, 3.05) is 0 Å². The maximum atomic E-state index is 2.46. The van der Waals surface area contributed by atoms with Crippen LogP contribution in [0.3, 0.4) is 0 Å². The van der Waals surface area contributed by atoms with Crippen LogP contribution >= 0.6 is 0 Å². The first-order chi connectivity index (χ1) is 6.09. The highest BCUT2D eigenvalue weighted by atomic mass is 15.0. The number of hydrogen-bond donors (Lipinski definition) is 0. The summed E-state index contributed by atoms with van der Waals surface area (Å²) in [5, 5.41) is 0. The van der Waals surface area contributed by atoms with Crippen LogP contribution in [-0.4, -0.2) is 0 Å². The lowest BCUT2D eigenvalue weighted by atomic mass is 9.59. The Bertz CT molecular complexity index is 285. The minimum atomic E-state index is 0.620. The van der Waals surface area contributed by atoms with Gasteiger partial charge in [0.1, 0.15) is 0 Å². The second kappa shape index (κ2) is 1.61. The number of hydrogen-bond acceptors (Lipinski definition) is 0. The molecular weight excluding hydrogens is 156 g/mol. The van der Waals surface area contributed by atoms with Crippen molar-refractivity contribution in [1.29, 1.82) is 0 Å². The monoisotopic (exact) mass is 176 g/mol. The van der Waals surface area contributed by atoms with Gasteiger partial charge in [0, 0.05) is 0 Å². The van der Waals surface area contributed by atoms with Gasteiger partial charge in [0.15, 0.2) is 0 Å². The van der Waals surface area contributed by atoms with Gasteiger partial charge in [0.05, 0.1) is 0 Å². The second-order valence-electron chi connectivity index (χ2n) is 7.10. The Morgan fingerprint density at radius 3 is 2.54 bits per heavy atom. The van der Waals surface area contributed by atoms with Crippen molar-refractivity contribution in [1.82, 2.24) is 0 Å². The van der Waals surface area contributed by atoms with Crippen molar-refractivity contribution in [2.24, 2.45) is 40.4 Å². The van der Waals surface area contributed by atoms with E-state index in [9.17, 15) is 0 Å². The lowest BCUT2D eigenvalue weighted by Crippen LogP contribution is -2.41. The van der Waals surface area contributed by atoms with Gasteiger partial charge in [-0.2, -0.15) is 0 Å². The van der Waals surface area contributed by atoms with Crippen molar-refractivity contribution in [3.05, 3.63) is 0 Å². The van der Waals surface area contributed by atoms with Crippen LogP contribution < -0.4 is 0 Å². The van der Waals surface area contributed by atoms with Crippen LogP contribution in [0.4, 0.5) is 0 Å². The van der Waals surface area contributed by atoms with E-state index < -0.39 is 0 Å². The van der Waals surface area contributed by atoms with Crippen molar-refractivity contribution >= 4 is 0 Å². The Morgan fingerprint density at radius 2 is 1.85 bits per heavy atom. The zero-order valence-corrected chi connectivity index (χ0v) is 9.01. The maximum absolute atomic E-state index is 2.46. The molecule has 0 saturated heterocycles. The summed E-state index contributed by atoms with van der Waals surface area (Å²) in [6.07, 6.45) is 4.73. The van der Waals surface area contributed by atoms with Crippen LogP contribution in [0, 0.1) is 40.4 Å². The van der Waals surface area contributed by atoms with Gasteiger partial charge in [-0.25, -0.2) is 0 Å². The fraction of sp³-hybridized carbons (Fsp3) is 1.00. The minimum Gasteiger partial charge on any atom is -0.0599 e. The SMILES string of the molecule is CC(C)(C)C1C2C3C4CCCC4C321. The van der Waals surface area contributed by atoms with Gasteiger partial charge >= 0.3 is 0 Å². The zero-order valence-electron chi connectivity index (χ0n) is 9.01. The molecule has 0 aromatic heterocycles. The molecule has 72 valence electrons. The van der Waals surface area contributed by atoms with Crippen LogP contribution in [0.25, 0.3) is 0 Å². The summed E-state index contributed by atoms with van der Waals surface area (Å²) in [5.74, 6) is 5.99. The van der Waals surface area contributed by atoms with Crippen LogP contribution in [0.5, 0.6) is 0 Å². The van der Waals surface area contributed by atoms with E-state index in [1.165, 1.54) is 23.7 Å². The molecule has 13 heavy (non-hydrogen) atoms. The molecule has 0 amide bonds. The van der Waals surface area contributed by atoms with E-state index in [4.69, 9.17) is 0 Å². The third-order valence-corrected chi connectivity index (χ3v) is 5.83. The van der Waals surface area contributed by atoms with Gasteiger partial charge in [0.2, 0.25) is 0 Å². The van der Waals surface area contributed by atoms with Crippen LogP contribution in [-0.2, 0) is 0 Å². The molecule has 0 nitrogen and oxygen atoms in total. The lowest BCUT2D eigenvalue weighted by Gasteiger charge is -2.45. The van der Waals surface area contributed by atoms with Gasteiger partial charge in [-0.3, -0.25) is 0 Å². The molecule has 0 aliphatic heterocycles. The summed E-state index contributed by atoms with van der Waals surface area (Å²) in [7, 11) is 0. The number of fused-ring (bicyclic) bond motifs is 3. The molecule has 0 aromatic rings. The molecule has 0 N–H and O–H groups in total. The molecule has 0 heteroatoms. The summed E-state index contributed by atoms with van der Waals surface area (Å²) in [4.78, 5) is 0. The molecule has 6 unspecified atom stereocenters. The topological polar surface area (TPSA) is 0 Å². The third-order valence-electron chi connectivity index (χ3n) is 5.83. The normalized spacial score (nSPS) is 66.2. The van der Waals surface area contributed by atoms with Gasteiger partial charge < -0.3 is 0 Å². The van der Waals surface area contributed by atoms with E-state index in [1.807, 2.05) is 0 Å². The molecule has 4 aliphatic rings. The highest BCUT2D eigenvalue weighted by molar-refractivity contribution is 5.44. The minimum absolute atomic E-state index is 0.620. The van der Waals surface area contributed by atoms with Gasteiger partial charge in [-0.15, -0.1) is 0 Å². The maximum Gasteiger partial charge on any atom is -0.0162 e. The quantitative estimate of drug-likeness (QED) is 0.531. The third kappa shape index (κ3) is 0.521. The van der Waals surface area contributed by atoms with Gasteiger partial charge in [-0.05, 0) is 53.3 Å². The first-order valence-electron chi connectivity index (χ1n) is 6.09. The Balaban J connectivity index is 1.63. The summed E-state index contributed by atoms with van der Waals surface area (Å²) >= 11 is 0. The second-order valence-corrected chi connectivity index (χ2v) is 7.10. The molecule has 4 aliphatic carbocycles. The predicted molar refractivity (Wildman–Crippen MR) is 53.2 cm³/mol. The van der Waals surface area contributed by atoms with Crippen LogP contribution in [0.1, 0.15) is 40.0 Å². The molecule has 4 saturated carbocycles. The first-order valence-corrected chi connectivity index (χ1v) is 6.09. The van der Waals surface area contributed by atoms with E-state index in [0.29, 0.717) is 5.41 Å². The summed E-state index contributed by atoms with van der Waals surface area (Å²) in [6.45, 7) is 7.37. The average Bonchev–Trinajstić information content (AvgIpc) is 2.75. The van der Waals surface area contributed by atoms with E-state index in [1.54, 1.807) is 19.3 Å². The summed E-state index contributed by atoms with van der Waals surface area (Å²) in [6, 6.07) is 0. The summed E-state index contributed by atoms with van der Waals surface area (Å²) in [5.41, 5.74) is 1.58. The first kappa shape index (κ1) is 7.31. The molecule has 0 heterocycles. The van der Waals surface area contributed by atoms with E-state index in [0.717, 1.165) is 11.3 Å². The highest BCUT2D eigenvalue weighted by Gasteiger charge is 2.97. The van der Waals surface area contributed by atoms with Crippen molar-refractivity contribution in [3.8, 4) is 0 Å². The van der Waals surface area contributed by atoms with E-state index >= 15 is 0 Å². The van der Waals surface area contributed by atoms with Crippen LogP contribution in [0.2, 0.25) is 0 Å². The Hall–Kier alpha value is 0. The van der Waals surface area contributed by atoms with Gasteiger partial charge in [0.25, 0.3) is 0 Å². The van der Waals surface area contributed by atoms with Crippen molar-refractivity contribution < 1.29 is 0 Å². The largest absolute Gasteiger partial charge is 0.0599 e.